The summed E-state index contributed by atoms with van der Waals surface area (Å²) >= 11 is 0. The van der Waals surface area contributed by atoms with E-state index in [0.717, 1.165) is 57.8 Å². The Kier molecular flexibility index (Phi) is 46.1. The number of unbranched alkanes of at least 4 members (excludes halogenated alkanes) is 30. The molecular weight excluding hydrogens is 791 g/mol. The molecule has 0 bridgehead atoms. The molecule has 0 aliphatic carbocycles. The Morgan fingerprint density at radius 3 is 1.29 bits per heavy atom. The van der Waals surface area contributed by atoms with Gasteiger partial charge in [-0.1, -0.05) is 213 Å². The quantitative estimate of drug-likeness (QED) is 0.0301. The number of nitrogens with one attached hydrogen (secondary N) is 3. The Bertz CT molecular complexity index is 1040. The minimum absolute atomic E-state index is 0.0652. The first kappa shape index (κ1) is 60.8. The molecule has 0 aliphatic heterocycles. The van der Waals surface area contributed by atoms with Crippen LogP contribution in [0.4, 0.5) is 0 Å². The number of esters is 1. The van der Waals surface area contributed by atoms with E-state index in [1.165, 1.54) is 154 Å². The highest BCUT2D eigenvalue weighted by Crippen LogP contribution is 2.18. The van der Waals surface area contributed by atoms with E-state index in [-0.39, 0.29) is 49.7 Å². The fraction of sp³-hybridized carbons (Fsp3) is 0.925. The van der Waals surface area contributed by atoms with Crippen molar-refractivity contribution in [2.75, 3.05) is 19.8 Å². The molecule has 0 fully saturated rings. The van der Waals surface area contributed by atoms with Crippen molar-refractivity contribution >= 4 is 23.7 Å². The molecule has 10 nitrogen and oxygen atoms in total. The molecule has 0 radical (unpaired) electrons. The standard InChI is InChI=1S/C53H103N3O7/c1-4-7-10-13-16-19-20-21-22-23-24-27-29-32-35-40-50(59)56-49(42-44-57)53(62)54-43-37-38-47(46-58)55-51(60)45-48(39-34-31-28-25-17-14-11-8-5-2)63-52(61)41-36-33-30-26-18-15-12-9-6-3/h47-49,57-58H,4-46H2,1-3H3,(H,54,62)(H,55,60)(H,56,59)/t47-,48-,49+/m1/s1. The number of hydrogen-bond acceptors (Lipinski definition) is 7. The molecule has 0 saturated heterocycles. The molecule has 5 N–H and O–H groups in total. The topological polar surface area (TPSA) is 154 Å². The van der Waals surface area contributed by atoms with Crippen LogP contribution in [0.25, 0.3) is 0 Å². The first-order valence-corrected chi connectivity index (χ1v) is 27.1. The summed E-state index contributed by atoms with van der Waals surface area (Å²) in [5, 5.41) is 28.2. The van der Waals surface area contributed by atoms with Gasteiger partial charge in [-0.2, -0.15) is 0 Å². The second kappa shape index (κ2) is 47.8. The lowest BCUT2D eigenvalue weighted by atomic mass is 10.0. The average molecular weight is 894 g/mol. The van der Waals surface area contributed by atoms with Gasteiger partial charge in [0.15, 0.2) is 0 Å². The molecule has 10 heteroatoms. The van der Waals surface area contributed by atoms with Crippen LogP contribution < -0.4 is 16.0 Å². The molecule has 0 spiro atoms. The summed E-state index contributed by atoms with van der Waals surface area (Å²) < 4.78 is 5.88. The Hall–Kier alpha value is -2.20. The maximum Gasteiger partial charge on any atom is 0.306 e. The first-order valence-electron chi connectivity index (χ1n) is 27.1. The summed E-state index contributed by atoms with van der Waals surface area (Å²) in [7, 11) is 0. The molecule has 0 saturated carbocycles. The molecule has 372 valence electrons. The third-order valence-electron chi connectivity index (χ3n) is 12.5. The van der Waals surface area contributed by atoms with E-state index in [1.54, 1.807) is 0 Å². The number of hydrogen-bond donors (Lipinski definition) is 5. The lowest BCUT2D eigenvalue weighted by Crippen LogP contribution is -2.47. The van der Waals surface area contributed by atoms with Gasteiger partial charge in [-0.15, -0.1) is 0 Å². The van der Waals surface area contributed by atoms with Crippen molar-refractivity contribution in [2.24, 2.45) is 0 Å². The zero-order valence-corrected chi connectivity index (χ0v) is 41.6. The van der Waals surface area contributed by atoms with Gasteiger partial charge in [-0.25, -0.2) is 0 Å². The molecule has 0 aromatic rings. The number of ether oxygens (including phenoxy) is 1. The summed E-state index contributed by atoms with van der Waals surface area (Å²) in [5.41, 5.74) is 0. The van der Waals surface area contributed by atoms with Gasteiger partial charge in [0, 0.05) is 26.0 Å². The smallest absolute Gasteiger partial charge is 0.306 e. The van der Waals surface area contributed by atoms with Crippen LogP contribution >= 0.6 is 0 Å². The fourth-order valence-electron chi connectivity index (χ4n) is 8.42. The van der Waals surface area contributed by atoms with Crippen LogP contribution in [-0.4, -0.2) is 71.9 Å². The maximum absolute atomic E-state index is 13.2. The molecule has 0 heterocycles. The predicted octanol–water partition coefficient (Wildman–Crippen LogP) is 12.6. The largest absolute Gasteiger partial charge is 0.462 e. The summed E-state index contributed by atoms with van der Waals surface area (Å²) in [6, 6.07) is -1.30. The van der Waals surface area contributed by atoms with Gasteiger partial charge in [0.05, 0.1) is 19.1 Å². The van der Waals surface area contributed by atoms with Crippen molar-refractivity contribution in [1.29, 1.82) is 0 Å². The molecule has 0 aromatic carbocycles. The fourth-order valence-corrected chi connectivity index (χ4v) is 8.42. The van der Waals surface area contributed by atoms with Crippen LogP contribution in [0.3, 0.4) is 0 Å². The van der Waals surface area contributed by atoms with Crippen molar-refractivity contribution in [3.63, 3.8) is 0 Å². The van der Waals surface area contributed by atoms with Gasteiger partial charge in [-0.3, -0.25) is 19.2 Å². The summed E-state index contributed by atoms with van der Waals surface area (Å²) in [5.74, 6) is -1.01. The van der Waals surface area contributed by atoms with E-state index in [4.69, 9.17) is 4.74 Å². The van der Waals surface area contributed by atoms with Crippen LogP contribution in [0.1, 0.15) is 278 Å². The number of rotatable bonds is 49. The minimum atomic E-state index is -0.807. The first-order chi connectivity index (χ1) is 30.8. The number of amides is 3. The lowest BCUT2D eigenvalue weighted by Gasteiger charge is -2.21. The Morgan fingerprint density at radius 2 is 0.857 bits per heavy atom. The zero-order chi connectivity index (χ0) is 46.3. The molecule has 3 amide bonds. The van der Waals surface area contributed by atoms with Gasteiger partial charge in [0.2, 0.25) is 17.7 Å². The number of aliphatic hydroxyl groups is 2. The monoisotopic (exact) mass is 894 g/mol. The second-order valence-corrected chi connectivity index (χ2v) is 18.7. The van der Waals surface area contributed by atoms with E-state index >= 15 is 0 Å². The number of aliphatic hydroxyl groups excluding tert-OH is 2. The Balaban J connectivity index is 4.56. The van der Waals surface area contributed by atoms with Crippen molar-refractivity contribution in [2.45, 2.75) is 296 Å². The third-order valence-corrected chi connectivity index (χ3v) is 12.5. The number of carbonyl (C=O) groups excluding carboxylic acids is 4. The van der Waals surface area contributed by atoms with Crippen molar-refractivity contribution in [1.82, 2.24) is 16.0 Å². The van der Waals surface area contributed by atoms with E-state index in [1.807, 2.05) is 0 Å². The van der Waals surface area contributed by atoms with E-state index in [0.29, 0.717) is 38.6 Å². The van der Waals surface area contributed by atoms with Crippen LogP contribution in [0.15, 0.2) is 0 Å². The van der Waals surface area contributed by atoms with Crippen molar-refractivity contribution in [3.8, 4) is 0 Å². The molecule has 63 heavy (non-hydrogen) atoms. The normalized spacial score (nSPS) is 12.8. The van der Waals surface area contributed by atoms with Gasteiger partial charge in [0.25, 0.3) is 0 Å². The lowest BCUT2D eigenvalue weighted by molar-refractivity contribution is -0.151. The molecule has 0 aliphatic rings. The van der Waals surface area contributed by atoms with Crippen LogP contribution in [0.2, 0.25) is 0 Å². The highest BCUT2D eigenvalue weighted by Gasteiger charge is 2.22. The zero-order valence-electron chi connectivity index (χ0n) is 41.6. The van der Waals surface area contributed by atoms with E-state index in [2.05, 4.69) is 36.7 Å². The van der Waals surface area contributed by atoms with Gasteiger partial charge in [0.1, 0.15) is 12.1 Å². The Labute approximate surface area is 388 Å². The third kappa shape index (κ3) is 42.2. The summed E-state index contributed by atoms with van der Waals surface area (Å²) in [6.45, 7) is 6.56. The second-order valence-electron chi connectivity index (χ2n) is 18.7. The minimum Gasteiger partial charge on any atom is -0.462 e. The predicted molar refractivity (Wildman–Crippen MR) is 263 cm³/mol. The molecular formula is C53H103N3O7. The van der Waals surface area contributed by atoms with Crippen LogP contribution in [-0.2, 0) is 23.9 Å². The highest BCUT2D eigenvalue weighted by atomic mass is 16.5. The Morgan fingerprint density at radius 1 is 0.444 bits per heavy atom. The van der Waals surface area contributed by atoms with Gasteiger partial charge in [-0.05, 0) is 44.9 Å². The summed E-state index contributed by atoms with van der Waals surface area (Å²) in [4.78, 5) is 51.6. The van der Waals surface area contributed by atoms with E-state index in [9.17, 15) is 29.4 Å². The van der Waals surface area contributed by atoms with Gasteiger partial charge >= 0.3 is 5.97 Å². The molecule has 0 unspecified atom stereocenters. The SMILES string of the molecule is CCCCCCCCCCCCCCCCCC(=O)N[C@@H](CCO)C(=O)NCCC[C@H](CO)NC(=O)C[C@@H](CCCCCCCCCCC)OC(=O)CCCCCCCCCCC. The highest BCUT2D eigenvalue weighted by molar-refractivity contribution is 5.87. The van der Waals surface area contributed by atoms with Crippen molar-refractivity contribution in [3.05, 3.63) is 0 Å². The number of carbonyl (C=O) groups is 4. The van der Waals surface area contributed by atoms with Gasteiger partial charge < -0.3 is 30.9 Å². The summed E-state index contributed by atoms with van der Waals surface area (Å²) in [6.07, 6.45) is 42.2. The van der Waals surface area contributed by atoms with Crippen LogP contribution in [0, 0.1) is 0 Å². The van der Waals surface area contributed by atoms with Crippen molar-refractivity contribution < 1.29 is 34.1 Å². The molecule has 0 rings (SSSR count). The average Bonchev–Trinajstić information content (AvgIpc) is 3.27. The maximum atomic E-state index is 13.2. The van der Waals surface area contributed by atoms with E-state index < -0.39 is 18.2 Å². The van der Waals surface area contributed by atoms with Crippen LogP contribution in [0.5, 0.6) is 0 Å². The molecule has 0 aromatic heterocycles. The molecule has 3 atom stereocenters.